The molecule has 0 radical (unpaired) electrons. The van der Waals surface area contributed by atoms with E-state index in [1.165, 1.54) is 11.3 Å². The van der Waals surface area contributed by atoms with E-state index in [1.807, 2.05) is 54.6 Å². The van der Waals surface area contributed by atoms with Crippen molar-refractivity contribution in [2.24, 2.45) is 0 Å². The second-order valence-corrected chi connectivity index (χ2v) is 7.47. The van der Waals surface area contributed by atoms with Crippen LogP contribution >= 0.6 is 27.3 Å². The maximum atomic E-state index is 12.6. The molecule has 6 heteroatoms. The van der Waals surface area contributed by atoms with E-state index in [1.54, 1.807) is 18.2 Å². The molecule has 4 rings (SSSR count). The number of fused-ring (bicyclic) bond motifs is 1. The van der Waals surface area contributed by atoms with Crippen LogP contribution in [0.5, 0.6) is 11.5 Å². The number of halogens is 1. The number of ether oxygens (including phenoxy) is 1. The number of hydrogen-bond donors (Lipinski definition) is 1. The number of thiazole rings is 1. The maximum absolute atomic E-state index is 12.6. The molecule has 0 spiro atoms. The molecule has 1 heterocycles. The van der Waals surface area contributed by atoms with Crippen LogP contribution in [0.4, 0.5) is 5.13 Å². The summed E-state index contributed by atoms with van der Waals surface area (Å²) >= 11 is 4.88. The summed E-state index contributed by atoms with van der Waals surface area (Å²) in [4.78, 5) is 17.0. The molecule has 0 aliphatic carbocycles. The van der Waals surface area contributed by atoms with Crippen molar-refractivity contribution in [3.8, 4) is 11.5 Å². The van der Waals surface area contributed by atoms with Gasteiger partial charge in [0.1, 0.15) is 11.5 Å². The molecule has 0 aliphatic rings. The van der Waals surface area contributed by atoms with Crippen LogP contribution in [-0.4, -0.2) is 10.9 Å². The Morgan fingerprint density at radius 1 is 0.962 bits per heavy atom. The number of hydrogen-bond acceptors (Lipinski definition) is 4. The second kappa shape index (κ2) is 7.27. The van der Waals surface area contributed by atoms with Crippen molar-refractivity contribution in [1.29, 1.82) is 0 Å². The summed E-state index contributed by atoms with van der Waals surface area (Å²) in [5.41, 5.74) is 1.37. The molecule has 0 aliphatic heterocycles. The van der Waals surface area contributed by atoms with Crippen LogP contribution in [-0.2, 0) is 0 Å². The lowest BCUT2D eigenvalue weighted by molar-refractivity contribution is 0.102. The number of benzene rings is 3. The van der Waals surface area contributed by atoms with Crippen molar-refractivity contribution >= 4 is 48.5 Å². The third-order valence-electron chi connectivity index (χ3n) is 3.65. The van der Waals surface area contributed by atoms with Gasteiger partial charge in [-0.2, -0.15) is 0 Å². The van der Waals surface area contributed by atoms with Gasteiger partial charge in [0, 0.05) is 10.0 Å². The standard InChI is InChI=1S/C20H13BrN2O2S/c21-14-9-10-17-18(12-14)26-20(22-17)23-19(24)13-5-4-8-16(11-13)25-15-6-2-1-3-7-15/h1-12H,(H,22,23,24). The quantitative estimate of drug-likeness (QED) is 0.430. The van der Waals surface area contributed by atoms with E-state index in [0.29, 0.717) is 16.4 Å². The highest BCUT2D eigenvalue weighted by molar-refractivity contribution is 9.10. The molecule has 3 aromatic carbocycles. The molecule has 128 valence electrons. The van der Waals surface area contributed by atoms with Crippen LogP contribution in [0, 0.1) is 0 Å². The van der Waals surface area contributed by atoms with Gasteiger partial charge in [0.05, 0.1) is 10.2 Å². The van der Waals surface area contributed by atoms with Crippen molar-refractivity contribution in [2.45, 2.75) is 0 Å². The fourth-order valence-electron chi connectivity index (χ4n) is 2.45. The number of nitrogens with zero attached hydrogens (tertiary/aromatic N) is 1. The van der Waals surface area contributed by atoms with Crippen LogP contribution in [0.1, 0.15) is 10.4 Å². The van der Waals surface area contributed by atoms with Gasteiger partial charge in [0.15, 0.2) is 5.13 Å². The molecule has 0 saturated heterocycles. The van der Waals surface area contributed by atoms with Gasteiger partial charge in [-0.3, -0.25) is 10.1 Å². The summed E-state index contributed by atoms with van der Waals surface area (Å²) in [5, 5.41) is 3.42. The minimum absolute atomic E-state index is 0.221. The highest BCUT2D eigenvalue weighted by Gasteiger charge is 2.11. The highest BCUT2D eigenvalue weighted by Crippen LogP contribution is 2.29. The monoisotopic (exact) mass is 424 g/mol. The van der Waals surface area contributed by atoms with E-state index in [-0.39, 0.29) is 5.91 Å². The van der Waals surface area contributed by atoms with Gasteiger partial charge < -0.3 is 4.74 Å². The SMILES string of the molecule is O=C(Nc1nc2ccc(Br)cc2s1)c1cccc(Oc2ccccc2)c1. The minimum atomic E-state index is -0.221. The van der Waals surface area contributed by atoms with Crippen LogP contribution in [0.15, 0.2) is 77.3 Å². The van der Waals surface area contributed by atoms with Gasteiger partial charge in [0.2, 0.25) is 0 Å². The van der Waals surface area contributed by atoms with Crippen LogP contribution in [0.3, 0.4) is 0 Å². The number of amides is 1. The number of carbonyl (C=O) groups excluding carboxylic acids is 1. The molecular weight excluding hydrogens is 412 g/mol. The van der Waals surface area contributed by atoms with E-state index in [9.17, 15) is 4.79 Å². The Labute approximate surface area is 162 Å². The zero-order chi connectivity index (χ0) is 17.9. The summed E-state index contributed by atoms with van der Waals surface area (Å²) in [6.45, 7) is 0. The number of nitrogens with one attached hydrogen (secondary N) is 1. The first kappa shape index (κ1) is 16.8. The third-order valence-corrected chi connectivity index (χ3v) is 5.07. The van der Waals surface area contributed by atoms with Gasteiger partial charge >= 0.3 is 0 Å². The van der Waals surface area contributed by atoms with Gasteiger partial charge in [-0.25, -0.2) is 4.98 Å². The van der Waals surface area contributed by atoms with E-state index in [4.69, 9.17) is 4.74 Å². The maximum Gasteiger partial charge on any atom is 0.257 e. The zero-order valence-corrected chi connectivity index (χ0v) is 15.9. The summed E-state index contributed by atoms with van der Waals surface area (Å²) < 4.78 is 7.78. The molecule has 1 N–H and O–H groups in total. The third kappa shape index (κ3) is 3.76. The summed E-state index contributed by atoms with van der Waals surface area (Å²) in [6.07, 6.45) is 0. The molecule has 1 amide bonds. The smallest absolute Gasteiger partial charge is 0.257 e. The molecule has 1 aromatic heterocycles. The lowest BCUT2D eigenvalue weighted by Crippen LogP contribution is -2.11. The Hall–Kier alpha value is -2.70. The Bertz CT molecular complexity index is 1080. The Balaban J connectivity index is 1.53. The lowest BCUT2D eigenvalue weighted by atomic mass is 10.2. The molecule has 0 fully saturated rings. The van der Waals surface area contributed by atoms with Crippen molar-refractivity contribution < 1.29 is 9.53 Å². The molecule has 0 saturated carbocycles. The first-order valence-electron chi connectivity index (χ1n) is 7.88. The molecule has 0 bridgehead atoms. The van der Waals surface area contributed by atoms with Gasteiger partial charge in [0.25, 0.3) is 5.91 Å². The summed E-state index contributed by atoms with van der Waals surface area (Å²) in [5.74, 6) is 1.11. The number of rotatable bonds is 4. The Kier molecular flexibility index (Phi) is 4.69. The number of para-hydroxylation sites is 1. The molecular formula is C20H13BrN2O2S. The number of aromatic nitrogens is 1. The van der Waals surface area contributed by atoms with Crippen LogP contribution in [0.2, 0.25) is 0 Å². The number of anilines is 1. The molecule has 4 nitrogen and oxygen atoms in total. The van der Waals surface area contributed by atoms with E-state index < -0.39 is 0 Å². The topological polar surface area (TPSA) is 51.2 Å². The average Bonchev–Trinajstić information content (AvgIpc) is 3.04. The fourth-order valence-corrected chi connectivity index (χ4v) is 3.86. The highest BCUT2D eigenvalue weighted by atomic mass is 79.9. The first-order valence-corrected chi connectivity index (χ1v) is 9.49. The average molecular weight is 425 g/mol. The van der Waals surface area contributed by atoms with E-state index in [2.05, 4.69) is 26.2 Å². The fraction of sp³-hybridized carbons (Fsp3) is 0. The van der Waals surface area contributed by atoms with Crippen molar-refractivity contribution in [3.63, 3.8) is 0 Å². The predicted molar refractivity (Wildman–Crippen MR) is 108 cm³/mol. The Morgan fingerprint density at radius 2 is 1.77 bits per heavy atom. The van der Waals surface area contributed by atoms with Crippen molar-refractivity contribution in [3.05, 3.63) is 82.8 Å². The molecule has 0 unspecified atom stereocenters. The minimum Gasteiger partial charge on any atom is -0.457 e. The van der Waals surface area contributed by atoms with Crippen LogP contribution < -0.4 is 10.1 Å². The van der Waals surface area contributed by atoms with Crippen molar-refractivity contribution in [1.82, 2.24) is 4.98 Å². The first-order chi connectivity index (χ1) is 12.7. The molecule has 26 heavy (non-hydrogen) atoms. The van der Waals surface area contributed by atoms with Gasteiger partial charge in [-0.15, -0.1) is 0 Å². The lowest BCUT2D eigenvalue weighted by Gasteiger charge is -2.07. The second-order valence-electron chi connectivity index (χ2n) is 5.53. The van der Waals surface area contributed by atoms with E-state index in [0.717, 1.165) is 20.4 Å². The van der Waals surface area contributed by atoms with Gasteiger partial charge in [-0.05, 0) is 48.5 Å². The largest absolute Gasteiger partial charge is 0.457 e. The van der Waals surface area contributed by atoms with Crippen molar-refractivity contribution in [2.75, 3.05) is 5.32 Å². The predicted octanol–water partition coefficient (Wildman–Crippen LogP) is 6.10. The Morgan fingerprint density at radius 3 is 2.62 bits per heavy atom. The van der Waals surface area contributed by atoms with E-state index >= 15 is 0 Å². The number of carbonyl (C=O) groups is 1. The molecule has 4 aromatic rings. The van der Waals surface area contributed by atoms with Gasteiger partial charge in [-0.1, -0.05) is 51.5 Å². The summed E-state index contributed by atoms with van der Waals surface area (Å²) in [7, 11) is 0. The normalized spacial score (nSPS) is 10.7. The molecule has 0 atom stereocenters. The summed E-state index contributed by atoms with van der Waals surface area (Å²) in [6, 6.07) is 22.4. The van der Waals surface area contributed by atoms with Crippen LogP contribution in [0.25, 0.3) is 10.2 Å². The zero-order valence-electron chi connectivity index (χ0n) is 13.5.